The summed E-state index contributed by atoms with van der Waals surface area (Å²) in [5, 5.41) is 12.2. The van der Waals surface area contributed by atoms with Gasteiger partial charge in [-0.3, -0.25) is 19.3 Å². The highest BCUT2D eigenvalue weighted by molar-refractivity contribution is 8.00. The number of amides is 2. The second kappa shape index (κ2) is 7.23. The van der Waals surface area contributed by atoms with E-state index in [4.69, 9.17) is 11.6 Å². The molecule has 0 radical (unpaired) electrons. The van der Waals surface area contributed by atoms with Crippen LogP contribution in [-0.2, 0) is 9.59 Å². The van der Waals surface area contributed by atoms with Gasteiger partial charge in [0.25, 0.3) is 0 Å². The van der Waals surface area contributed by atoms with Crippen molar-refractivity contribution in [3.05, 3.63) is 73.7 Å². The lowest BCUT2D eigenvalue weighted by atomic mass is 9.68. The number of rotatable bonds is 2. The predicted octanol–water partition coefficient (Wildman–Crippen LogP) is 4.47. The molecule has 2 saturated carbocycles. The third-order valence-corrected chi connectivity index (χ3v) is 10.9. The number of hydrogen-bond acceptors (Lipinski definition) is 6. The normalized spacial score (nSPS) is 33.2. The summed E-state index contributed by atoms with van der Waals surface area (Å²) in [6, 6.07) is 14.1. The summed E-state index contributed by atoms with van der Waals surface area (Å²) in [4.78, 5) is 44.7. The zero-order chi connectivity index (χ0) is 23.3. The molecule has 4 aliphatic rings. The fourth-order valence-corrected chi connectivity index (χ4v) is 9.97. The zero-order valence-corrected chi connectivity index (χ0v) is 20.1. The van der Waals surface area contributed by atoms with Gasteiger partial charge in [0.05, 0.1) is 22.5 Å². The molecule has 2 amide bonds. The van der Waals surface area contributed by atoms with E-state index in [1.807, 2.05) is 12.1 Å². The Morgan fingerprint density at radius 2 is 1.68 bits per heavy atom. The first-order valence-corrected chi connectivity index (χ1v) is 13.3. The molecular formula is C25H19ClN2O4S2. The van der Waals surface area contributed by atoms with Crippen molar-refractivity contribution in [3.63, 3.8) is 0 Å². The minimum atomic E-state index is -0.374. The van der Waals surface area contributed by atoms with Gasteiger partial charge in [-0.2, -0.15) is 0 Å². The van der Waals surface area contributed by atoms with Crippen molar-refractivity contribution in [3.8, 4) is 5.75 Å². The van der Waals surface area contributed by atoms with Crippen molar-refractivity contribution in [1.29, 1.82) is 0 Å². The largest absolute Gasteiger partial charge is 0.508 e. The molecule has 7 atom stereocenters. The molecule has 2 aromatic carbocycles. The van der Waals surface area contributed by atoms with Crippen molar-refractivity contribution in [2.45, 2.75) is 22.6 Å². The predicted molar refractivity (Wildman–Crippen MR) is 131 cm³/mol. The van der Waals surface area contributed by atoms with Gasteiger partial charge in [0.15, 0.2) is 0 Å². The molecule has 3 fully saturated rings. The Hall–Kier alpha value is -2.55. The number of halogens is 1. The monoisotopic (exact) mass is 510 g/mol. The number of imide groups is 1. The Bertz CT molecular complexity index is 1420. The molecule has 6 nitrogen and oxygen atoms in total. The van der Waals surface area contributed by atoms with E-state index in [2.05, 4.69) is 4.98 Å². The number of fused-ring (bicyclic) bond motifs is 9. The minimum absolute atomic E-state index is 0.0104. The number of anilines is 1. The van der Waals surface area contributed by atoms with E-state index in [1.54, 1.807) is 48.2 Å². The van der Waals surface area contributed by atoms with E-state index >= 15 is 0 Å². The number of phenols is 1. The lowest BCUT2D eigenvalue weighted by Gasteiger charge is -2.43. The van der Waals surface area contributed by atoms with Crippen LogP contribution in [0.2, 0.25) is 5.02 Å². The molecule has 1 saturated heterocycles. The number of aromatic nitrogens is 1. The molecule has 7 rings (SSSR count). The standard InChI is InChI=1S/C25H19ClN2O4S2/c26-10-5-7-11(8-6-10)28-23(30)18-13-9-14(19(18)24(28)31)20-17(13)16(12-3-1-2-4-15(12)29)21-22(33-20)27-25(32)34-21/h1-8,13-14,16-20,29H,9H2,(H,27,32)/t13-,14-,16+,17+,18+,19+,20-/m1/s1. The van der Waals surface area contributed by atoms with Crippen molar-refractivity contribution in [1.82, 2.24) is 4.98 Å². The first-order valence-electron chi connectivity index (χ1n) is 11.2. The van der Waals surface area contributed by atoms with Gasteiger partial charge in [0.1, 0.15) is 5.75 Å². The van der Waals surface area contributed by atoms with Gasteiger partial charge in [0, 0.05) is 26.6 Å². The average molecular weight is 511 g/mol. The number of H-pyrrole nitrogens is 1. The Kier molecular flexibility index (Phi) is 4.42. The Morgan fingerprint density at radius 1 is 0.971 bits per heavy atom. The summed E-state index contributed by atoms with van der Waals surface area (Å²) in [5.41, 5.74) is 1.34. The fraction of sp³-hybridized carbons (Fsp3) is 0.320. The molecule has 0 unspecified atom stereocenters. The molecular weight excluding hydrogens is 492 g/mol. The number of aromatic amines is 1. The van der Waals surface area contributed by atoms with Crippen LogP contribution in [-0.4, -0.2) is 27.2 Å². The summed E-state index contributed by atoms with van der Waals surface area (Å²) >= 11 is 8.85. The first-order chi connectivity index (χ1) is 16.4. The van der Waals surface area contributed by atoms with Crippen molar-refractivity contribution in [2.24, 2.45) is 29.6 Å². The van der Waals surface area contributed by atoms with E-state index in [0.29, 0.717) is 10.7 Å². The average Bonchev–Trinajstić information content (AvgIpc) is 3.54. The summed E-state index contributed by atoms with van der Waals surface area (Å²) in [6.45, 7) is 0. The Morgan fingerprint density at radius 3 is 2.41 bits per heavy atom. The van der Waals surface area contributed by atoms with E-state index in [0.717, 1.165) is 21.9 Å². The van der Waals surface area contributed by atoms with Crippen LogP contribution >= 0.6 is 34.7 Å². The highest BCUT2D eigenvalue weighted by Crippen LogP contribution is 2.69. The lowest BCUT2D eigenvalue weighted by molar-refractivity contribution is -0.123. The van der Waals surface area contributed by atoms with Gasteiger partial charge >= 0.3 is 4.87 Å². The van der Waals surface area contributed by atoms with E-state index in [-0.39, 0.29) is 63.2 Å². The SMILES string of the molecule is O=C1[C@H]2[C@H]3C[C@@H]([C@@H]2C(=O)N1c1ccc(Cl)cc1)[C@H]1[C@H](c2ccccc2O)c2sc(=O)[nH]c2S[C@H]31. The molecule has 9 heteroatoms. The first kappa shape index (κ1) is 20.8. The smallest absolute Gasteiger partial charge is 0.305 e. The van der Waals surface area contributed by atoms with Gasteiger partial charge in [-0.1, -0.05) is 41.1 Å². The zero-order valence-electron chi connectivity index (χ0n) is 17.7. The van der Waals surface area contributed by atoms with Crippen molar-refractivity contribution >= 4 is 52.2 Å². The van der Waals surface area contributed by atoms with E-state index in [1.165, 1.54) is 16.2 Å². The second-order valence-electron chi connectivity index (χ2n) is 9.51. The van der Waals surface area contributed by atoms with Gasteiger partial charge in [0.2, 0.25) is 11.8 Å². The molecule has 0 spiro atoms. The van der Waals surface area contributed by atoms with Crippen LogP contribution in [0.25, 0.3) is 0 Å². The lowest BCUT2D eigenvalue weighted by Crippen LogP contribution is -2.42. The summed E-state index contributed by atoms with van der Waals surface area (Å²) in [5.74, 6) is -0.870. The molecule has 2 aliphatic heterocycles. The Labute approximate surface area is 207 Å². The van der Waals surface area contributed by atoms with Gasteiger partial charge in [-0.15, -0.1) is 11.8 Å². The quantitative estimate of drug-likeness (QED) is 0.496. The van der Waals surface area contributed by atoms with Crippen molar-refractivity contribution < 1.29 is 14.7 Å². The van der Waals surface area contributed by atoms with E-state index < -0.39 is 0 Å². The molecule has 1 aromatic heterocycles. The van der Waals surface area contributed by atoms with Crippen LogP contribution in [0, 0.1) is 29.6 Å². The van der Waals surface area contributed by atoms with Gasteiger partial charge in [-0.25, -0.2) is 0 Å². The van der Waals surface area contributed by atoms with Crippen LogP contribution in [0.5, 0.6) is 5.75 Å². The number of thioether (sulfide) groups is 1. The number of carbonyl (C=O) groups is 2. The number of nitrogens with one attached hydrogen (secondary N) is 1. The number of carbonyl (C=O) groups excluding carboxylic acids is 2. The summed E-state index contributed by atoms with van der Waals surface area (Å²) < 4.78 is 0. The molecule has 172 valence electrons. The molecule has 3 aromatic rings. The van der Waals surface area contributed by atoms with Crippen LogP contribution in [0.4, 0.5) is 5.69 Å². The third kappa shape index (κ3) is 2.67. The molecule has 34 heavy (non-hydrogen) atoms. The number of aromatic hydroxyl groups is 1. The number of benzene rings is 2. The van der Waals surface area contributed by atoms with Crippen LogP contribution < -0.4 is 9.77 Å². The van der Waals surface area contributed by atoms with Gasteiger partial charge in [-0.05, 0) is 54.5 Å². The maximum Gasteiger partial charge on any atom is 0.305 e. The number of nitrogens with zero attached hydrogens (tertiary/aromatic N) is 1. The summed E-state index contributed by atoms with van der Waals surface area (Å²) in [6.07, 6.45) is 0.812. The van der Waals surface area contributed by atoms with E-state index in [9.17, 15) is 19.5 Å². The fourth-order valence-electron chi connectivity index (χ4n) is 6.96. The number of phenolic OH excluding ortho intramolecular Hbond substituents is 1. The second-order valence-corrected chi connectivity index (χ2v) is 12.1. The Balaban J connectivity index is 1.34. The summed E-state index contributed by atoms with van der Waals surface area (Å²) in [7, 11) is 0. The highest BCUT2D eigenvalue weighted by Gasteiger charge is 2.69. The highest BCUT2D eigenvalue weighted by atomic mass is 35.5. The maximum atomic E-state index is 13.7. The molecule has 2 aliphatic carbocycles. The molecule has 2 N–H and O–H groups in total. The third-order valence-electron chi connectivity index (χ3n) is 8.08. The number of para-hydroxylation sites is 1. The minimum Gasteiger partial charge on any atom is -0.508 e. The molecule has 2 bridgehead atoms. The van der Waals surface area contributed by atoms with Gasteiger partial charge < -0.3 is 10.1 Å². The van der Waals surface area contributed by atoms with Crippen molar-refractivity contribution in [2.75, 3.05) is 4.90 Å². The number of thiazole rings is 1. The molecule has 3 heterocycles. The van der Waals surface area contributed by atoms with Crippen LogP contribution in [0.3, 0.4) is 0 Å². The van der Waals surface area contributed by atoms with Crippen LogP contribution in [0.1, 0.15) is 22.8 Å². The van der Waals surface area contributed by atoms with Crippen LogP contribution in [0.15, 0.2) is 58.4 Å². The number of hydrogen-bond donors (Lipinski definition) is 2. The topological polar surface area (TPSA) is 90.5 Å². The maximum absolute atomic E-state index is 13.7.